The Balaban J connectivity index is 1.69. The molecule has 0 aliphatic carbocycles. The number of hydrogen-bond donors (Lipinski definition) is 1. The van der Waals surface area contributed by atoms with Crippen molar-refractivity contribution in [2.75, 3.05) is 0 Å². The third-order valence-electron chi connectivity index (χ3n) is 4.65. The normalized spacial score (nSPS) is 12.3. The van der Waals surface area contributed by atoms with Crippen LogP contribution in [-0.2, 0) is 33.7 Å². The fraction of sp³-hybridized carbons (Fsp3) is 0.227. The molecule has 35 heavy (non-hydrogen) atoms. The highest BCUT2D eigenvalue weighted by molar-refractivity contribution is 6.37. The van der Waals surface area contributed by atoms with E-state index in [2.05, 4.69) is 10.6 Å². The van der Waals surface area contributed by atoms with Gasteiger partial charge >= 0.3 is 12.1 Å². The summed E-state index contributed by atoms with van der Waals surface area (Å²) in [4.78, 5) is 17.5. The molecule has 0 spiro atoms. The van der Waals surface area contributed by atoms with Crippen LogP contribution in [0.5, 0.6) is 0 Å². The number of carbonyl (C=O) groups excluding carboxylic acids is 1. The molecule has 13 heteroatoms. The lowest BCUT2D eigenvalue weighted by Gasteiger charge is -2.16. The Morgan fingerprint density at radius 2 is 1.91 bits per heavy atom. The molecule has 0 amide bonds. The molecule has 1 unspecified atom stereocenters. The van der Waals surface area contributed by atoms with E-state index in [9.17, 15) is 23.2 Å². The first-order valence-corrected chi connectivity index (χ1v) is 11.0. The molecule has 1 heterocycles. The minimum Gasteiger partial charge on any atom is -0.459 e. The van der Waals surface area contributed by atoms with Crippen molar-refractivity contribution in [2.24, 2.45) is 0 Å². The number of halogens is 6. The number of esters is 1. The summed E-state index contributed by atoms with van der Waals surface area (Å²) in [6.45, 7) is 1.27. The second-order valence-electron chi connectivity index (χ2n) is 7.13. The van der Waals surface area contributed by atoms with Crippen molar-refractivity contribution < 1.29 is 27.5 Å². The van der Waals surface area contributed by atoms with Gasteiger partial charge < -0.3 is 4.74 Å². The zero-order valence-corrected chi connectivity index (χ0v) is 20.1. The fourth-order valence-corrected chi connectivity index (χ4v) is 3.80. The summed E-state index contributed by atoms with van der Waals surface area (Å²) in [6.07, 6.45) is -4.48. The van der Waals surface area contributed by atoms with Crippen LogP contribution in [0.1, 0.15) is 29.3 Å². The summed E-state index contributed by atoms with van der Waals surface area (Å²) < 4.78 is 45.4. The van der Waals surface area contributed by atoms with Gasteiger partial charge in [-0.1, -0.05) is 46.9 Å². The number of carbonyl (C=O) groups is 1. The van der Waals surface area contributed by atoms with Crippen molar-refractivity contribution in [3.8, 4) is 11.8 Å². The van der Waals surface area contributed by atoms with Gasteiger partial charge in [-0.05, 0) is 36.8 Å². The summed E-state index contributed by atoms with van der Waals surface area (Å²) in [6, 6.07) is 10.1. The average molecular weight is 548 g/mol. The maximum atomic E-state index is 13.0. The van der Waals surface area contributed by atoms with Gasteiger partial charge in [0.15, 0.2) is 6.10 Å². The van der Waals surface area contributed by atoms with Gasteiger partial charge in [-0.15, -0.1) is 0 Å². The highest BCUT2D eigenvalue weighted by Crippen LogP contribution is 2.38. The Morgan fingerprint density at radius 1 is 1.23 bits per heavy atom. The monoisotopic (exact) mass is 546 g/mol. The van der Waals surface area contributed by atoms with E-state index in [1.165, 1.54) is 13.1 Å². The van der Waals surface area contributed by atoms with Crippen LogP contribution in [0.2, 0.25) is 15.1 Å². The smallest absolute Gasteiger partial charge is 0.416 e. The zero-order chi connectivity index (χ0) is 25.8. The Bertz CT molecular complexity index is 1250. The lowest BCUT2D eigenvalue weighted by atomic mass is 10.2. The SMILES string of the molecule is CC(ONCc1c(C#N)cnn1-c1c(Cl)cc(C(F)(F)F)cc1Cl)C(=O)OCc1cccc(Cl)c1. The Labute approximate surface area is 212 Å². The molecule has 184 valence electrons. The third kappa shape index (κ3) is 6.66. The number of aromatic nitrogens is 2. The second kappa shape index (κ2) is 11.3. The minimum atomic E-state index is -4.65. The highest BCUT2D eigenvalue weighted by atomic mass is 35.5. The quantitative estimate of drug-likeness (QED) is 0.280. The fourth-order valence-electron chi connectivity index (χ4n) is 2.94. The van der Waals surface area contributed by atoms with Crippen LogP contribution in [0.3, 0.4) is 0 Å². The molecule has 0 aliphatic rings. The van der Waals surface area contributed by atoms with Crippen molar-refractivity contribution in [3.05, 3.63) is 80.0 Å². The van der Waals surface area contributed by atoms with Crippen molar-refractivity contribution in [1.82, 2.24) is 15.3 Å². The first-order chi connectivity index (χ1) is 16.5. The standard InChI is InChI=1S/C22H16Cl3F3N4O3/c1-12(21(33)34-11-13-3-2-4-16(23)5-13)35-31-10-19-14(8-29)9-30-32(19)20-17(24)6-15(7-18(20)25)22(26,27)28/h2-7,9,12,31H,10-11H2,1H3. The molecule has 1 atom stereocenters. The molecule has 0 fully saturated rings. The molecule has 0 saturated heterocycles. The molecule has 0 bridgehead atoms. The van der Waals surface area contributed by atoms with Crippen LogP contribution in [0.4, 0.5) is 13.2 Å². The largest absolute Gasteiger partial charge is 0.459 e. The molecular weight excluding hydrogens is 532 g/mol. The van der Waals surface area contributed by atoms with Gasteiger partial charge in [-0.3, -0.25) is 4.84 Å². The zero-order valence-electron chi connectivity index (χ0n) is 17.9. The molecule has 1 aromatic heterocycles. The van der Waals surface area contributed by atoms with Gasteiger partial charge in [0.25, 0.3) is 0 Å². The van der Waals surface area contributed by atoms with E-state index in [4.69, 9.17) is 44.4 Å². The van der Waals surface area contributed by atoms with Gasteiger partial charge in [0.05, 0.1) is 39.6 Å². The predicted molar refractivity (Wildman–Crippen MR) is 122 cm³/mol. The lowest BCUT2D eigenvalue weighted by molar-refractivity contribution is -0.162. The minimum absolute atomic E-state index is 0.0106. The van der Waals surface area contributed by atoms with Gasteiger partial charge in [0.1, 0.15) is 18.4 Å². The van der Waals surface area contributed by atoms with Gasteiger partial charge in [0.2, 0.25) is 0 Å². The van der Waals surface area contributed by atoms with Crippen LogP contribution in [0.15, 0.2) is 42.6 Å². The van der Waals surface area contributed by atoms with Crippen LogP contribution < -0.4 is 5.48 Å². The van der Waals surface area contributed by atoms with Gasteiger partial charge in [0, 0.05) is 5.02 Å². The molecule has 1 N–H and O–H groups in total. The first-order valence-electron chi connectivity index (χ1n) is 9.84. The van der Waals surface area contributed by atoms with Crippen molar-refractivity contribution in [2.45, 2.75) is 32.4 Å². The molecule has 2 aromatic carbocycles. The number of ether oxygens (including phenoxy) is 1. The number of nitrogens with zero attached hydrogens (tertiary/aromatic N) is 3. The number of rotatable bonds is 8. The predicted octanol–water partition coefficient (Wildman–Crippen LogP) is 5.88. The maximum Gasteiger partial charge on any atom is 0.416 e. The average Bonchev–Trinajstić information content (AvgIpc) is 3.18. The molecule has 3 rings (SSSR count). The Morgan fingerprint density at radius 3 is 2.51 bits per heavy atom. The summed E-state index contributed by atoms with van der Waals surface area (Å²) in [5.74, 6) is -0.666. The molecule has 0 saturated carbocycles. The molecule has 3 aromatic rings. The van der Waals surface area contributed by atoms with E-state index in [-0.39, 0.29) is 40.1 Å². The summed E-state index contributed by atoms with van der Waals surface area (Å²) in [5.41, 5.74) is 2.43. The van der Waals surface area contributed by atoms with Crippen LogP contribution in [0, 0.1) is 11.3 Å². The third-order valence-corrected chi connectivity index (χ3v) is 5.46. The topological polar surface area (TPSA) is 89.2 Å². The van der Waals surface area contributed by atoms with E-state index >= 15 is 0 Å². The molecule has 0 aliphatic heterocycles. The summed E-state index contributed by atoms with van der Waals surface area (Å²) in [7, 11) is 0. The number of alkyl halides is 3. The Hall–Kier alpha value is -2.81. The molecular formula is C22H16Cl3F3N4O3. The summed E-state index contributed by atoms with van der Waals surface area (Å²) in [5, 5.41) is 13.3. The van der Waals surface area contributed by atoms with Gasteiger partial charge in [-0.2, -0.15) is 29.0 Å². The Kier molecular flexibility index (Phi) is 8.64. The number of hydroxylamine groups is 1. The number of benzene rings is 2. The summed E-state index contributed by atoms with van der Waals surface area (Å²) >= 11 is 18.0. The number of hydrogen-bond acceptors (Lipinski definition) is 6. The van der Waals surface area contributed by atoms with Crippen LogP contribution in [0.25, 0.3) is 5.69 Å². The van der Waals surface area contributed by atoms with Crippen molar-refractivity contribution in [3.63, 3.8) is 0 Å². The number of nitrogens with one attached hydrogen (secondary N) is 1. The highest BCUT2D eigenvalue weighted by Gasteiger charge is 2.32. The van der Waals surface area contributed by atoms with Crippen molar-refractivity contribution in [1.29, 1.82) is 5.26 Å². The van der Waals surface area contributed by atoms with E-state index in [0.29, 0.717) is 22.7 Å². The lowest BCUT2D eigenvalue weighted by Crippen LogP contribution is -2.30. The van der Waals surface area contributed by atoms with E-state index in [1.807, 2.05) is 6.07 Å². The van der Waals surface area contributed by atoms with E-state index in [1.54, 1.807) is 24.3 Å². The molecule has 0 radical (unpaired) electrons. The van der Waals surface area contributed by atoms with Crippen molar-refractivity contribution >= 4 is 40.8 Å². The first kappa shape index (κ1) is 26.8. The second-order valence-corrected chi connectivity index (χ2v) is 8.38. The number of nitriles is 1. The van der Waals surface area contributed by atoms with E-state index in [0.717, 1.165) is 4.68 Å². The maximum absolute atomic E-state index is 13.0. The van der Waals surface area contributed by atoms with E-state index < -0.39 is 23.8 Å². The molecule has 7 nitrogen and oxygen atoms in total. The van der Waals surface area contributed by atoms with Gasteiger partial charge in [-0.25, -0.2) is 9.48 Å². The van der Waals surface area contributed by atoms with Crippen LogP contribution in [-0.4, -0.2) is 21.9 Å². The van der Waals surface area contributed by atoms with Crippen LogP contribution >= 0.6 is 34.8 Å².